The number of pyridine rings is 1. The van der Waals surface area contributed by atoms with Crippen molar-refractivity contribution < 1.29 is 9.53 Å². The molecule has 39 heavy (non-hydrogen) atoms. The zero-order valence-electron chi connectivity index (χ0n) is 23.0. The zero-order valence-corrected chi connectivity index (χ0v) is 24.7. The van der Waals surface area contributed by atoms with Gasteiger partial charge in [-0.1, -0.05) is 50.0 Å². The molecule has 0 aliphatic carbocycles. The summed E-state index contributed by atoms with van der Waals surface area (Å²) >= 11 is 6.88. The predicted molar refractivity (Wildman–Crippen MR) is 161 cm³/mol. The number of thiocarbonyl (C=S) groups is 1. The van der Waals surface area contributed by atoms with Crippen molar-refractivity contribution in [2.24, 2.45) is 0 Å². The fraction of sp³-hybridized carbons (Fsp3) is 0.448. The molecule has 2 aliphatic heterocycles. The van der Waals surface area contributed by atoms with Crippen LogP contribution in [0, 0.1) is 18.3 Å². The maximum atomic E-state index is 13.5. The second-order valence-corrected chi connectivity index (χ2v) is 11.3. The number of benzene rings is 1. The molecule has 0 bridgehead atoms. The van der Waals surface area contributed by atoms with Gasteiger partial charge < -0.3 is 14.5 Å². The Morgan fingerprint density at radius 3 is 2.38 bits per heavy atom. The van der Waals surface area contributed by atoms with Crippen LogP contribution in [0.5, 0.6) is 5.75 Å². The summed E-state index contributed by atoms with van der Waals surface area (Å²) in [6, 6.07) is 9.91. The molecule has 1 amide bonds. The first kappa shape index (κ1) is 28.9. The number of methoxy groups -OCH3 is 1. The highest BCUT2D eigenvalue weighted by molar-refractivity contribution is 8.26. The number of likely N-dealkylation sites (N-methyl/N-ethyl adjacent to an activating group) is 1. The molecular weight excluding hydrogens is 530 g/mol. The van der Waals surface area contributed by atoms with Crippen LogP contribution in [-0.2, 0) is 17.8 Å². The quantitative estimate of drug-likeness (QED) is 0.333. The van der Waals surface area contributed by atoms with Gasteiger partial charge in [-0.25, -0.2) is 0 Å². The minimum atomic E-state index is -0.269. The fourth-order valence-corrected chi connectivity index (χ4v) is 6.34. The van der Waals surface area contributed by atoms with Gasteiger partial charge in [0.2, 0.25) is 0 Å². The third-order valence-electron chi connectivity index (χ3n) is 7.34. The molecule has 2 aromatic rings. The van der Waals surface area contributed by atoms with Gasteiger partial charge in [0.1, 0.15) is 27.5 Å². The zero-order chi connectivity index (χ0) is 28.1. The van der Waals surface area contributed by atoms with Gasteiger partial charge >= 0.3 is 0 Å². The Morgan fingerprint density at radius 2 is 1.79 bits per heavy atom. The van der Waals surface area contributed by atoms with E-state index in [1.807, 2.05) is 37.3 Å². The van der Waals surface area contributed by atoms with Crippen LogP contribution in [0.25, 0.3) is 6.08 Å². The first-order valence-corrected chi connectivity index (χ1v) is 14.6. The Hall–Kier alpha value is -3.13. The lowest BCUT2D eigenvalue weighted by atomic mass is 10.0. The van der Waals surface area contributed by atoms with E-state index in [4.69, 9.17) is 17.0 Å². The summed E-state index contributed by atoms with van der Waals surface area (Å²) in [4.78, 5) is 33.7. The van der Waals surface area contributed by atoms with Crippen molar-refractivity contribution in [3.05, 3.63) is 61.8 Å². The van der Waals surface area contributed by atoms with Gasteiger partial charge in [0, 0.05) is 44.8 Å². The van der Waals surface area contributed by atoms with Crippen molar-refractivity contribution in [3.63, 3.8) is 0 Å². The monoisotopic (exact) mass is 565 g/mol. The Kier molecular flexibility index (Phi) is 9.49. The number of hydrogen-bond donors (Lipinski definition) is 0. The maximum absolute atomic E-state index is 13.5. The minimum Gasteiger partial charge on any atom is -0.497 e. The van der Waals surface area contributed by atoms with Crippen LogP contribution in [0.15, 0.2) is 34.0 Å². The van der Waals surface area contributed by atoms with E-state index in [0.29, 0.717) is 34.3 Å². The van der Waals surface area contributed by atoms with Crippen molar-refractivity contribution in [2.45, 2.75) is 40.2 Å². The van der Waals surface area contributed by atoms with Crippen LogP contribution in [0.4, 0.5) is 5.82 Å². The Morgan fingerprint density at radius 1 is 1.10 bits per heavy atom. The highest BCUT2D eigenvalue weighted by atomic mass is 32.2. The second-order valence-electron chi connectivity index (χ2n) is 9.66. The van der Waals surface area contributed by atoms with Gasteiger partial charge in [0.25, 0.3) is 11.5 Å². The molecule has 3 heterocycles. The standard InChI is InChI=1S/C29H35N5O3S2/c1-5-12-33-26(32-16-14-31(6-2)15-17-32)23(20(3)24(19-30)27(33)35)18-25-28(36)34(29(38)39-25)13-11-21-7-9-22(37-4)10-8-21/h7-10,18H,5-6,11-17H2,1-4H3/b25-18-. The molecule has 2 aliphatic rings. The molecule has 206 valence electrons. The second kappa shape index (κ2) is 12.8. The Bertz CT molecular complexity index is 1370. The van der Waals surface area contributed by atoms with Crippen LogP contribution in [-0.4, -0.2) is 71.0 Å². The first-order valence-electron chi connectivity index (χ1n) is 13.4. The van der Waals surface area contributed by atoms with Crippen LogP contribution in [0.2, 0.25) is 0 Å². The van der Waals surface area contributed by atoms with Crippen LogP contribution in [0.3, 0.4) is 0 Å². The predicted octanol–water partition coefficient (Wildman–Crippen LogP) is 4.03. The number of ether oxygens (including phenoxy) is 1. The number of hydrogen-bond acceptors (Lipinski definition) is 8. The summed E-state index contributed by atoms with van der Waals surface area (Å²) < 4.78 is 7.47. The van der Waals surface area contributed by atoms with Crippen LogP contribution >= 0.6 is 24.0 Å². The van der Waals surface area contributed by atoms with Gasteiger partial charge in [0.15, 0.2) is 0 Å². The van der Waals surface area contributed by atoms with Crippen LogP contribution < -0.4 is 15.2 Å². The Labute approximate surface area is 239 Å². The summed E-state index contributed by atoms with van der Waals surface area (Å²) in [7, 11) is 1.63. The van der Waals surface area contributed by atoms with E-state index in [9.17, 15) is 14.9 Å². The molecule has 0 atom stereocenters. The van der Waals surface area contributed by atoms with Gasteiger partial charge in [0.05, 0.1) is 12.0 Å². The van der Waals surface area contributed by atoms with Gasteiger partial charge in [-0.2, -0.15) is 5.26 Å². The number of aromatic nitrogens is 1. The lowest BCUT2D eigenvalue weighted by Crippen LogP contribution is -2.48. The fourth-order valence-electron chi connectivity index (χ4n) is 5.05. The molecule has 0 N–H and O–H groups in total. The summed E-state index contributed by atoms with van der Waals surface area (Å²) in [6.07, 6.45) is 3.26. The Balaban J connectivity index is 1.70. The molecule has 0 unspecified atom stereocenters. The van der Waals surface area contributed by atoms with E-state index >= 15 is 0 Å². The summed E-state index contributed by atoms with van der Waals surface area (Å²) in [6.45, 7) is 11.2. The highest BCUT2D eigenvalue weighted by Crippen LogP contribution is 2.36. The molecule has 2 fully saturated rings. The number of piperazine rings is 1. The topological polar surface area (TPSA) is 81.8 Å². The van der Waals surface area contributed by atoms with Crippen LogP contribution in [0.1, 0.15) is 42.5 Å². The molecule has 1 aromatic heterocycles. The van der Waals surface area contributed by atoms with Crippen molar-refractivity contribution in [1.29, 1.82) is 5.26 Å². The van der Waals surface area contributed by atoms with E-state index in [1.54, 1.807) is 23.5 Å². The van der Waals surface area contributed by atoms with E-state index < -0.39 is 0 Å². The average molecular weight is 566 g/mol. The molecule has 0 radical (unpaired) electrons. The number of nitriles is 1. The molecule has 1 aromatic carbocycles. The lowest BCUT2D eigenvalue weighted by molar-refractivity contribution is -0.122. The number of thioether (sulfide) groups is 1. The molecule has 2 saturated heterocycles. The van der Waals surface area contributed by atoms with Crippen molar-refractivity contribution >= 4 is 46.1 Å². The molecule has 0 spiro atoms. The van der Waals surface area contributed by atoms with E-state index in [2.05, 4.69) is 22.8 Å². The third kappa shape index (κ3) is 6.06. The summed E-state index contributed by atoms with van der Waals surface area (Å²) in [5.74, 6) is 1.43. The van der Waals surface area contributed by atoms with Crippen molar-refractivity contribution in [1.82, 2.24) is 14.4 Å². The number of carbonyl (C=O) groups is 1. The largest absolute Gasteiger partial charge is 0.497 e. The summed E-state index contributed by atoms with van der Waals surface area (Å²) in [5, 5.41) is 9.88. The first-order chi connectivity index (χ1) is 18.8. The minimum absolute atomic E-state index is 0.126. The van der Waals surface area contributed by atoms with Gasteiger partial charge in [-0.05, 0) is 55.6 Å². The van der Waals surface area contributed by atoms with E-state index in [0.717, 1.165) is 61.8 Å². The van der Waals surface area contributed by atoms with E-state index in [-0.39, 0.29) is 17.0 Å². The number of amides is 1. The number of nitrogens with zero attached hydrogens (tertiary/aromatic N) is 5. The van der Waals surface area contributed by atoms with Gasteiger partial charge in [-0.15, -0.1) is 0 Å². The maximum Gasteiger partial charge on any atom is 0.270 e. The number of rotatable bonds is 9. The van der Waals surface area contributed by atoms with Gasteiger partial charge in [-0.3, -0.25) is 19.1 Å². The third-order valence-corrected chi connectivity index (χ3v) is 8.72. The van der Waals surface area contributed by atoms with E-state index in [1.165, 1.54) is 11.8 Å². The lowest BCUT2D eigenvalue weighted by Gasteiger charge is -2.37. The normalized spacial score (nSPS) is 17.3. The molecule has 10 heteroatoms. The number of carbonyl (C=O) groups excluding carboxylic acids is 1. The van der Waals surface area contributed by atoms with Crippen molar-refractivity contribution in [3.8, 4) is 11.8 Å². The average Bonchev–Trinajstić information content (AvgIpc) is 3.22. The smallest absolute Gasteiger partial charge is 0.270 e. The SMILES string of the molecule is CCCn1c(N2CCN(CC)CC2)c(/C=C2\SC(=S)N(CCc3ccc(OC)cc3)C2=O)c(C)c(C#N)c1=O. The highest BCUT2D eigenvalue weighted by Gasteiger charge is 2.33. The molecule has 0 saturated carbocycles. The molecule has 4 rings (SSSR count). The molecule has 8 nitrogen and oxygen atoms in total. The number of anilines is 1. The molecular formula is C29H35N5O3S2. The van der Waals surface area contributed by atoms with Crippen molar-refractivity contribution in [2.75, 3.05) is 51.3 Å². The summed E-state index contributed by atoms with van der Waals surface area (Å²) in [5.41, 5.74) is 2.30.